The van der Waals surface area contributed by atoms with Gasteiger partial charge >= 0.3 is 12.1 Å². The largest absolute Gasteiger partial charge is 0.459 e. The molecular formula is C22H34N2O5. The Bertz CT molecular complexity index is 682. The molecule has 162 valence electrons. The van der Waals surface area contributed by atoms with E-state index in [4.69, 9.17) is 9.47 Å². The van der Waals surface area contributed by atoms with Crippen LogP contribution in [0.1, 0.15) is 53.5 Å². The maximum absolute atomic E-state index is 12.8. The van der Waals surface area contributed by atoms with Gasteiger partial charge in [-0.05, 0) is 45.6 Å². The van der Waals surface area contributed by atoms with Gasteiger partial charge in [0.1, 0.15) is 24.3 Å². The summed E-state index contributed by atoms with van der Waals surface area (Å²) in [6.07, 6.45) is -0.148. The molecule has 1 N–H and O–H groups in total. The third-order valence-electron chi connectivity index (χ3n) is 4.08. The van der Waals surface area contributed by atoms with Crippen LogP contribution in [-0.4, -0.2) is 47.6 Å². The van der Waals surface area contributed by atoms with Gasteiger partial charge in [0.25, 0.3) is 0 Å². The van der Waals surface area contributed by atoms with Crippen LogP contribution in [0.15, 0.2) is 30.3 Å². The molecule has 0 aliphatic rings. The van der Waals surface area contributed by atoms with Gasteiger partial charge in [-0.25, -0.2) is 9.59 Å². The zero-order valence-corrected chi connectivity index (χ0v) is 18.5. The van der Waals surface area contributed by atoms with Crippen molar-refractivity contribution in [1.29, 1.82) is 0 Å². The van der Waals surface area contributed by atoms with E-state index >= 15 is 0 Å². The monoisotopic (exact) mass is 406 g/mol. The van der Waals surface area contributed by atoms with E-state index in [2.05, 4.69) is 5.32 Å². The molecule has 0 saturated carbocycles. The molecule has 0 saturated heterocycles. The molecule has 0 heterocycles. The minimum Gasteiger partial charge on any atom is -0.459 e. The lowest BCUT2D eigenvalue weighted by molar-refractivity contribution is -0.149. The number of amides is 2. The molecule has 0 unspecified atom stereocenters. The lowest BCUT2D eigenvalue weighted by Gasteiger charge is -2.31. The molecule has 1 rings (SSSR count). The van der Waals surface area contributed by atoms with Gasteiger partial charge in [0.15, 0.2) is 0 Å². The predicted molar refractivity (Wildman–Crippen MR) is 111 cm³/mol. The van der Waals surface area contributed by atoms with E-state index in [0.29, 0.717) is 6.42 Å². The van der Waals surface area contributed by atoms with Gasteiger partial charge in [-0.1, -0.05) is 44.2 Å². The van der Waals surface area contributed by atoms with Crippen LogP contribution in [0.25, 0.3) is 0 Å². The summed E-state index contributed by atoms with van der Waals surface area (Å²) >= 11 is 0. The van der Waals surface area contributed by atoms with Crippen molar-refractivity contribution in [2.45, 2.75) is 72.3 Å². The zero-order chi connectivity index (χ0) is 22.2. The van der Waals surface area contributed by atoms with Crippen LogP contribution < -0.4 is 5.32 Å². The maximum Gasteiger partial charge on any atom is 0.410 e. The highest BCUT2D eigenvalue weighted by atomic mass is 16.6. The molecule has 0 bridgehead atoms. The number of esters is 1. The fourth-order valence-electron chi connectivity index (χ4n) is 2.57. The summed E-state index contributed by atoms with van der Waals surface area (Å²) in [5.74, 6) is -0.794. The van der Waals surface area contributed by atoms with Crippen molar-refractivity contribution >= 4 is 18.0 Å². The van der Waals surface area contributed by atoms with E-state index in [9.17, 15) is 14.4 Å². The Morgan fingerprint density at radius 2 is 1.66 bits per heavy atom. The zero-order valence-electron chi connectivity index (χ0n) is 18.5. The first-order chi connectivity index (χ1) is 13.4. The smallest absolute Gasteiger partial charge is 0.410 e. The van der Waals surface area contributed by atoms with Gasteiger partial charge in [-0.2, -0.15) is 0 Å². The standard InChI is InChI=1S/C22H34N2O5/c1-15(2)13-18(24(7)21(27)29-22(4,5)6)19(25)23-16(3)20(26)28-14-17-11-9-8-10-12-17/h8-12,15-16,18H,13-14H2,1-7H3,(H,23,25)/t16-,18-/m0/s1. The Labute approximate surface area is 173 Å². The Morgan fingerprint density at radius 3 is 2.17 bits per heavy atom. The van der Waals surface area contributed by atoms with E-state index in [1.165, 1.54) is 11.9 Å². The minimum atomic E-state index is -0.840. The van der Waals surface area contributed by atoms with Crippen LogP contribution in [0.5, 0.6) is 0 Å². The molecule has 2 atom stereocenters. The Balaban J connectivity index is 2.72. The van der Waals surface area contributed by atoms with Crippen LogP contribution >= 0.6 is 0 Å². The number of hydrogen-bond donors (Lipinski definition) is 1. The summed E-state index contributed by atoms with van der Waals surface area (Å²) in [4.78, 5) is 38.7. The number of carbonyl (C=O) groups excluding carboxylic acids is 3. The lowest BCUT2D eigenvalue weighted by atomic mass is 10.0. The van der Waals surface area contributed by atoms with Crippen molar-refractivity contribution in [3.8, 4) is 0 Å². The molecule has 0 aliphatic heterocycles. The van der Waals surface area contributed by atoms with Gasteiger partial charge < -0.3 is 14.8 Å². The average Bonchev–Trinajstić information content (AvgIpc) is 2.62. The number of likely N-dealkylation sites (N-methyl/N-ethyl adjacent to an activating group) is 1. The first kappa shape index (κ1) is 24.5. The number of benzene rings is 1. The quantitative estimate of drug-likeness (QED) is 0.668. The van der Waals surface area contributed by atoms with Crippen LogP contribution in [0.3, 0.4) is 0 Å². The number of rotatable bonds is 8. The van der Waals surface area contributed by atoms with Crippen molar-refractivity contribution in [1.82, 2.24) is 10.2 Å². The van der Waals surface area contributed by atoms with Crippen LogP contribution in [0.2, 0.25) is 0 Å². The van der Waals surface area contributed by atoms with Gasteiger partial charge in [0, 0.05) is 7.05 Å². The molecule has 7 nitrogen and oxygen atoms in total. The molecule has 1 aromatic carbocycles. The maximum atomic E-state index is 12.8. The van der Waals surface area contributed by atoms with Crippen LogP contribution in [0.4, 0.5) is 4.79 Å². The van der Waals surface area contributed by atoms with Crippen molar-refractivity contribution in [2.75, 3.05) is 7.05 Å². The number of carbonyl (C=O) groups is 3. The van der Waals surface area contributed by atoms with Gasteiger partial charge in [0.2, 0.25) is 5.91 Å². The van der Waals surface area contributed by atoms with Crippen molar-refractivity contribution in [2.24, 2.45) is 5.92 Å². The summed E-state index contributed by atoms with van der Waals surface area (Å²) in [6.45, 7) is 10.9. The highest BCUT2D eigenvalue weighted by Gasteiger charge is 2.32. The summed E-state index contributed by atoms with van der Waals surface area (Å²) in [5, 5.41) is 2.66. The van der Waals surface area contributed by atoms with Crippen molar-refractivity contribution in [3.63, 3.8) is 0 Å². The van der Waals surface area contributed by atoms with E-state index in [1.54, 1.807) is 27.7 Å². The molecule has 0 aromatic heterocycles. The molecule has 29 heavy (non-hydrogen) atoms. The predicted octanol–water partition coefficient (Wildman–Crippen LogP) is 3.52. The number of nitrogens with zero attached hydrogens (tertiary/aromatic N) is 1. The summed E-state index contributed by atoms with van der Waals surface area (Å²) in [7, 11) is 1.53. The van der Waals surface area contributed by atoms with E-state index in [1.807, 2.05) is 44.2 Å². The third-order valence-corrected chi connectivity index (χ3v) is 4.08. The number of nitrogens with one attached hydrogen (secondary N) is 1. The van der Waals surface area contributed by atoms with Crippen molar-refractivity contribution in [3.05, 3.63) is 35.9 Å². The van der Waals surface area contributed by atoms with Gasteiger partial charge in [-0.15, -0.1) is 0 Å². The van der Waals surface area contributed by atoms with Crippen LogP contribution in [0, 0.1) is 5.92 Å². The normalized spacial score (nSPS) is 13.4. The molecular weight excluding hydrogens is 372 g/mol. The molecule has 0 aliphatic carbocycles. The lowest BCUT2D eigenvalue weighted by Crippen LogP contribution is -2.52. The summed E-state index contributed by atoms with van der Waals surface area (Å²) < 4.78 is 10.6. The Hall–Kier alpha value is -2.57. The second kappa shape index (κ2) is 10.8. The molecule has 7 heteroatoms. The Morgan fingerprint density at radius 1 is 1.07 bits per heavy atom. The summed E-state index contributed by atoms with van der Waals surface area (Å²) in [5.41, 5.74) is 0.195. The SMILES string of the molecule is CC(C)C[C@@H](C(=O)N[C@@H](C)C(=O)OCc1ccccc1)N(C)C(=O)OC(C)(C)C. The number of ether oxygens (including phenoxy) is 2. The first-order valence-corrected chi connectivity index (χ1v) is 9.87. The van der Waals surface area contributed by atoms with E-state index in [0.717, 1.165) is 5.56 Å². The Kier molecular flexibility index (Phi) is 9.14. The molecule has 0 radical (unpaired) electrons. The fourth-order valence-corrected chi connectivity index (χ4v) is 2.57. The second-order valence-electron chi connectivity index (χ2n) is 8.56. The highest BCUT2D eigenvalue weighted by Crippen LogP contribution is 2.16. The molecule has 0 fully saturated rings. The summed E-state index contributed by atoms with van der Waals surface area (Å²) in [6, 6.07) is 7.71. The second-order valence-corrected chi connectivity index (χ2v) is 8.56. The first-order valence-electron chi connectivity index (χ1n) is 9.87. The molecule has 1 aromatic rings. The number of hydrogen-bond acceptors (Lipinski definition) is 5. The third kappa shape index (κ3) is 8.98. The average molecular weight is 407 g/mol. The van der Waals surface area contributed by atoms with Gasteiger partial charge in [0.05, 0.1) is 0 Å². The van der Waals surface area contributed by atoms with E-state index < -0.39 is 35.7 Å². The van der Waals surface area contributed by atoms with E-state index in [-0.39, 0.29) is 12.5 Å². The fraction of sp³-hybridized carbons (Fsp3) is 0.591. The van der Waals surface area contributed by atoms with Gasteiger partial charge in [-0.3, -0.25) is 9.69 Å². The van der Waals surface area contributed by atoms with Crippen molar-refractivity contribution < 1.29 is 23.9 Å². The molecule has 0 spiro atoms. The minimum absolute atomic E-state index is 0.132. The molecule has 2 amide bonds. The highest BCUT2D eigenvalue weighted by molar-refractivity contribution is 5.89. The van der Waals surface area contributed by atoms with Crippen LogP contribution in [-0.2, 0) is 25.7 Å². The topological polar surface area (TPSA) is 84.9 Å².